The van der Waals surface area contributed by atoms with Gasteiger partial charge in [-0.25, -0.2) is 0 Å². The molecule has 0 saturated heterocycles. The first-order valence-electron chi connectivity index (χ1n) is 4.95. The zero-order valence-corrected chi connectivity index (χ0v) is 8.62. The van der Waals surface area contributed by atoms with E-state index in [1.165, 1.54) is 0 Å². The first-order valence-corrected chi connectivity index (χ1v) is 4.95. The van der Waals surface area contributed by atoms with Gasteiger partial charge >= 0.3 is 0 Å². The Balaban J connectivity index is 2.60. The van der Waals surface area contributed by atoms with Gasteiger partial charge in [-0.15, -0.1) is 6.58 Å². The highest BCUT2D eigenvalue weighted by molar-refractivity contribution is 5.97. The summed E-state index contributed by atoms with van der Waals surface area (Å²) >= 11 is 0. The van der Waals surface area contributed by atoms with Crippen LogP contribution >= 0.6 is 0 Å². The Labute approximate surface area is 85.5 Å². The first-order chi connectivity index (χ1) is 6.75. The summed E-state index contributed by atoms with van der Waals surface area (Å²) in [7, 11) is 0. The number of allylic oxidation sites excluding steroid dienone is 1. The molecule has 0 aliphatic heterocycles. The van der Waals surface area contributed by atoms with Gasteiger partial charge in [-0.05, 0) is 25.3 Å². The Bertz CT molecular complexity index is 326. The fourth-order valence-corrected chi connectivity index (χ4v) is 1.43. The molecule has 0 amide bonds. The monoisotopic (exact) mass is 188 g/mol. The number of ketones is 1. The van der Waals surface area contributed by atoms with Gasteiger partial charge in [0.1, 0.15) is 0 Å². The predicted octanol–water partition coefficient (Wildman–Crippen LogP) is 3.53. The maximum absolute atomic E-state index is 11.7. The lowest BCUT2D eigenvalue weighted by atomic mass is 10.0. The average Bonchev–Trinajstić information content (AvgIpc) is 2.18. The van der Waals surface area contributed by atoms with Crippen LogP contribution in [0, 0.1) is 6.92 Å². The highest BCUT2D eigenvalue weighted by atomic mass is 16.1. The van der Waals surface area contributed by atoms with E-state index >= 15 is 0 Å². The van der Waals surface area contributed by atoms with Crippen LogP contribution in [0.4, 0.5) is 0 Å². The summed E-state index contributed by atoms with van der Waals surface area (Å²) in [5.74, 6) is 0.241. The quantitative estimate of drug-likeness (QED) is 0.392. The normalized spacial score (nSPS) is 9.79. The molecule has 1 nitrogen and oxygen atoms in total. The zero-order chi connectivity index (χ0) is 10.4. The molecule has 0 fully saturated rings. The Kier molecular flexibility index (Phi) is 4.11. The third kappa shape index (κ3) is 2.84. The predicted molar refractivity (Wildman–Crippen MR) is 59.6 cm³/mol. The number of aryl methyl sites for hydroxylation is 1. The summed E-state index contributed by atoms with van der Waals surface area (Å²) in [4.78, 5) is 11.7. The second-order valence-corrected chi connectivity index (χ2v) is 3.42. The Morgan fingerprint density at radius 1 is 1.43 bits per heavy atom. The molecule has 74 valence electrons. The van der Waals surface area contributed by atoms with E-state index in [0.717, 1.165) is 24.0 Å². The number of rotatable bonds is 5. The molecule has 0 aromatic heterocycles. The zero-order valence-electron chi connectivity index (χ0n) is 8.62. The smallest absolute Gasteiger partial charge is 0.163 e. The SMILES string of the molecule is C=CCCCC(=O)c1ccccc1C. The van der Waals surface area contributed by atoms with Gasteiger partial charge in [-0.1, -0.05) is 30.3 Å². The maximum atomic E-state index is 11.7. The molecule has 0 atom stereocenters. The third-order valence-electron chi connectivity index (χ3n) is 2.26. The van der Waals surface area contributed by atoms with Crippen LogP contribution < -0.4 is 0 Å². The van der Waals surface area contributed by atoms with Crippen molar-refractivity contribution in [2.45, 2.75) is 26.2 Å². The minimum absolute atomic E-state index is 0.241. The van der Waals surface area contributed by atoms with E-state index < -0.39 is 0 Å². The summed E-state index contributed by atoms with van der Waals surface area (Å²) in [6.07, 6.45) is 4.29. The first kappa shape index (κ1) is 10.7. The van der Waals surface area contributed by atoms with Crippen molar-refractivity contribution in [1.29, 1.82) is 0 Å². The molecule has 0 radical (unpaired) electrons. The van der Waals surface area contributed by atoms with Gasteiger partial charge in [0.25, 0.3) is 0 Å². The van der Waals surface area contributed by atoms with E-state index in [4.69, 9.17) is 0 Å². The number of carbonyl (C=O) groups is 1. The standard InChI is InChI=1S/C13H16O/c1-3-4-5-10-13(14)12-9-7-6-8-11(12)2/h3,6-9H,1,4-5,10H2,2H3. The lowest BCUT2D eigenvalue weighted by molar-refractivity contribution is 0.0980. The summed E-state index contributed by atoms with van der Waals surface area (Å²) in [5, 5.41) is 0. The van der Waals surface area contributed by atoms with E-state index in [1.807, 2.05) is 37.3 Å². The molecule has 0 aliphatic carbocycles. The van der Waals surface area contributed by atoms with Crippen LogP contribution in [0.15, 0.2) is 36.9 Å². The number of Topliss-reactive ketones (excluding diaryl/α,β-unsaturated/α-hetero) is 1. The molecular formula is C13H16O. The van der Waals surface area contributed by atoms with Crippen LogP contribution in [-0.4, -0.2) is 5.78 Å². The molecule has 0 spiro atoms. The van der Waals surface area contributed by atoms with Crippen LogP contribution in [0.5, 0.6) is 0 Å². The molecule has 0 N–H and O–H groups in total. The maximum Gasteiger partial charge on any atom is 0.163 e. The number of unbranched alkanes of at least 4 members (excludes halogenated alkanes) is 1. The summed E-state index contributed by atoms with van der Waals surface area (Å²) in [6, 6.07) is 7.73. The number of benzene rings is 1. The fraction of sp³-hybridized carbons (Fsp3) is 0.308. The molecule has 0 aliphatic rings. The lowest BCUT2D eigenvalue weighted by Crippen LogP contribution is -2.00. The molecule has 0 heterocycles. The Morgan fingerprint density at radius 3 is 2.79 bits per heavy atom. The minimum Gasteiger partial charge on any atom is -0.294 e. The largest absolute Gasteiger partial charge is 0.294 e. The van der Waals surface area contributed by atoms with E-state index in [2.05, 4.69) is 6.58 Å². The van der Waals surface area contributed by atoms with Crippen LogP contribution in [0.1, 0.15) is 35.2 Å². The third-order valence-corrected chi connectivity index (χ3v) is 2.26. The minimum atomic E-state index is 0.241. The van der Waals surface area contributed by atoms with Gasteiger partial charge in [0.05, 0.1) is 0 Å². The van der Waals surface area contributed by atoms with Crippen molar-refractivity contribution in [3.05, 3.63) is 48.0 Å². The van der Waals surface area contributed by atoms with E-state index in [9.17, 15) is 4.79 Å². The van der Waals surface area contributed by atoms with Crippen LogP contribution in [0.25, 0.3) is 0 Å². The number of hydrogen-bond acceptors (Lipinski definition) is 1. The average molecular weight is 188 g/mol. The number of hydrogen-bond donors (Lipinski definition) is 0. The van der Waals surface area contributed by atoms with Gasteiger partial charge in [0.2, 0.25) is 0 Å². The van der Waals surface area contributed by atoms with Crippen molar-refractivity contribution >= 4 is 5.78 Å². The second kappa shape index (κ2) is 5.38. The molecule has 14 heavy (non-hydrogen) atoms. The molecular weight excluding hydrogens is 172 g/mol. The van der Waals surface area contributed by atoms with E-state index in [-0.39, 0.29) is 5.78 Å². The van der Waals surface area contributed by atoms with Crippen LogP contribution in [0.3, 0.4) is 0 Å². The summed E-state index contributed by atoms with van der Waals surface area (Å²) in [5.41, 5.74) is 1.92. The van der Waals surface area contributed by atoms with Gasteiger partial charge in [-0.3, -0.25) is 4.79 Å². The summed E-state index contributed by atoms with van der Waals surface area (Å²) < 4.78 is 0. The molecule has 0 bridgehead atoms. The van der Waals surface area contributed by atoms with E-state index in [1.54, 1.807) is 0 Å². The van der Waals surface area contributed by atoms with Gasteiger partial charge in [0.15, 0.2) is 5.78 Å². The van der Waals surface area contributed by atoms with Crippen molar-refractivity contribution in [3.8, 4) is 0 Å². The van der Waals surface area contributed by atoms with Crippen molar-refractivity contribution in [2.75, 3.05) is 0 Å². The van der Waals surface area contributed by atoms with Gasteiger partial charge < -0.3 is 0 Å². The number of carbonyl (C=O) groups excluding carboxylic acids is 1. The van der Waals surface area contributed by atoms with Crippen molar-refractivity contribution in [2.24, 2.45) is 0 Å². The van der Waals surface area contributed by atoms with E-state index in [0.29, 0.717) is 6.42 Å². The van der Waals surface area contributed by atoms with Crippen molar-refractivity contribution < 1.29 is 4.79 Å². The summed E-state index contributed by atoms with van der Waals surface area (Å²) in [6.45, 7) is 5.61. The highest BCUT2D eigenvalue weighted by Crippen LogP contribution is 2.11. The van der Waals surface area contributed by atoms with Crippen molar-refractivity contribution in [3.63, 3.8) is 0 Å². The molecule has 1 heteroatoms. The second-order valence-electron chi connectivity index (χ2n) is 3.42. The van der Waals surface area contributed by atoms with Crippen molar-refractivity contribution in [1.82, 2.24) is 0 Å². The topological polar surface area (TPSA) is 17.1 Å². The van der Waals surface area contributed by atoms with Crippen LogP contribution in [0.2, 0.25) is 0 Å². The molecule has 1 rings (SSSR count). The Morgan fingerprint density at radius 2 is 2.14 bits per heavy atom. The molecule has 0 saturated carbocycles. The Hall–Kier alpha value is -1.37. The molecule has 0 unspecified atom stereocenters. The molecule has 1 aromatic rings. The fourth-order valence-electron chi connectivity index (χ4n) is 1.43. The lowest BCUT2D eigenvalue weighted by Gasteiger charge is -2.03. The van der Waals surface area contributed by atoms with Gasteiger partial charge in [0, 0.05) is 12.0 Å². The molecule has 1 aromatic carbocycles. The van der Waals surface area contributed by atoms with Gasteiger partial charge in [-0.2, -0.15) is 0 Å². The van der Waals surface area contributed by atoms with Crippen LogP contribution in [-0.2, 0) is 0 Å². The highest BCUT2D eigenvalue weighted by Gasteiger charge is 2.06.